The van der Waals surface area contributed by atoms with Gasteiger partial charge in [-0.05, 0) is 30.7 Å². The van der Waals surface area contributed by atoms with Gasteiger partial charge in [-0.15, -0.1) is 0 Å². The standard InChI is InChI=1S/C20H18N2/c1-3-9-19(21-4-2)20-15-10-5-6-11-16(14-15)22-18-13-8-7-12-17(18)20/h3-13H,2,14H2,1H3/b9-3-,21-19?. The molecule has 3 rings (SSSR count). The molecule has 2 heteroatoms. The van der Waals surface area contributed by atoms with Gasteiger partial charge < -0.3 is 0 Å². The molecule has 1 heterocycles. The molecule has 0 N–H and O–H groups in total. The predicted molar refractivity (Wildman–Crippen MR) is 93.0 cm³/mol. The van der Waals surface area contributed by atoms with Crippen LogP contribution >= 0.6 is 0 Å². The summed E-state index contributed by atoms with van der Waals surface area (Å²) < 4.78 is 0. The predicted octanol–water partition coefficient (Wildman–Crippen LogP) is 3.40. The number of hydrogen-bond acceptors (Lipinski definition) is 2. The zero-order valence-electron chi connectivity index (χ0n) is 12.7. The highest BCUT2D eigenvalue weighted by molar-refractivity contribution is 6.29. The number of benzene rings is 1. The van der Waals surface area contributed by atoms with E-state index in [0.29, 0.717) is 0 Å². The van der Waals surface area contributed by atoms with Gasteiger partial charge in [0.25, 0.3) is 0 Å². The SMILES string of the molecule is C=CN=C(/C=C\C)C1=c2ccccc2=NC2=CC=CC=C1C2. The van der Waals surface area contributed by atoms with Crippen LogP contribution in [0.15, 0.2) is 94.8 Å². The van der Waals surface area contributed by atoms with Crippen molar-refractivity contribution >= 4 is 11.3 Å². The lowest BCUT2D eigenvalue weighted by Crippen LogP contribution is -2.28. The second kappa shape index (κ2) is 6.35. The van der Waals surface area contributed by atoms with Crippen LogP contribution in [0.1, 0.15) is 13.3 Å². The topological polar surface area (TPSA) is 24.7 Å². The van der Waals surface area contributed by atoms with Crippen LogP contribution < -0.4 is 10.6 Å². The van der Waals surface area contributed by atoms with Crippen LogP contribution in [0, 0.1) is 0 Å². The Balaban J connectivity index is 2.45. The molecule has 2 nitrogen and oxygen atoms in total. The first-order valence-corrected chi connectivity index (χ1v) is 7.40. The number of aliphatic imine (C=N–C) groups is 1. The minimum atomic E-state index is 0.810. The first-order chi connectivity index (χ1) is 10.8. The highest BCUT2D eigenvalue weighted by Crippen LogP contribution is 2.25. The second-order valence-corrected chi connectivity index (χ2v) is 5.11. The van der Waals surface area contributed by atoms with Crippen molar-refractivity contribution in [1.82, 2.24) is 0 Å². The molecule has 2 bridgehead atoms. The van der Waals surface area contributed by atoms with Gasteiger partial charge in [0.15, 0.2) is 0 Å². The maximum absolute atomic E-state index is 4.82. The molecule has 2 aliphatic rings. The summed E-state index contributed by atoms with van der Waals surface area (Å²) in [7, 11) is 0. The summed E-state index contributed by atoms with van der Waals surface area (Å²) in [6, 6.07) is 8.23. The lowest BCUT2D eigenvalue weighted by atomic mass is 9.95. The third-order valence-electron chi connectivity index (χ3n) is 3.64. The van der Waals surface area contributed by atoms with E-state index >= 15 is 0 Å². The van der Waals surface area contributed by atoms with Crippen molar-refractivity contribution in [1.29, 1.82) is 0 Å². The van der Waals surface area contributed by atoms with Gasteiger partial charge in [-0.3, -0.25) is 9.98 Å². The molecule has 1 aliphatic heterocycles. The molecule has 0 spiro atoms. The van der Waals surface area contributed by atoms with Crippen molar-refractivity contribution in [2.75, 3.05) is 0 Å². The molecule has 0 saturated heterocycles. The fourth-order valence-electron chi connectivity index (χ4n) is 2.76. The third-order valence-corrected chi connectivity index (χ3v) is 3.64. The van der Waals surface area contributed by atoms with E-state index in [1.54, 1.807) is 6.20 Å². The van der Waals surface area contributed by atoms with Gasteiger partial charge >= 0.3 is 0 Å². The van der Waals surface area contributed by atoms with E-state index in [0.717, 1.165) is 34.0 Å². The minimum Gasteiger partial charge on any atom is -0.257 e. The molecule has 1 aromatic carbocycles. The Morgan fingerprint density at radius 3 is 2.86 bits per heavy atom. The van der Waals surface area contributed by atoms with E-state index < -0.39 is 0 Å². The Labute approximate surface area is 130 Å². The van der Waals surface area contributed by atoms with Crippen LogP contribution in [0.2, 0.25) is 0 Å². The summed E-state index contributed by atoms with van der Waals surface area (Å²) in [4.78, 5) is 9.30. The molecule has 1 aromatic rings. The summed E-state index contributed by atoms with van der Waals surface area (Å²) in [6.07, 6.45) is 14.8. The van der Waals surface area contributed by atoms with Crippen molar-refractivity contribution in [3.8, 4) is 0 Å². The average molecular weight is 286 g/mol. The molecule has 0 aromatic heterocycles. The molecule has 0 unspecified atom stereocenters. The maximum Gasteiger partial charge on any atom is 0.0712 e. The van der Waals surface area contributed by atoms with Crippen molar-refractivity contribution in [2.24, 2.45) is 9.98 Å². The van der Waals surface area contributed by atoms with Gasteiger partial charge in [0.2, 0.25) is 0 Å². The van der Waals surface area contributed by atoms with Crippen LogP contribution in [0.3, 0.4) is 0 Å². The van der Waals surface area contributed by atoms with Crippen molar-refractivity contribution in [3.63, 3.8) is 0 Å². The number of rotatable bonds is 3. The van der Waals surface area contributed by atoms with Crippen molar-refractivity contribution in [2.45, 2.75) is 13.3 Å². The fraction of sp³-hybridized carbons (Fsp3) is 0.100. The van der Waals surface area contributed by atoms with Gasteiger partial charge in [0.05, 0.1) is 11.1 Å². The Hall–Kier alpha value is -2.74. The number of hydrogen-bond donors (Lipinski definition) is 0. The van der Waals surface area contributed by atoms with Gasteiger partial charge in [0.1, 0.15) is 0 Å². The molecule has 0 amide bonds. The van der Waals surface area contributed by atoms with Crippen molar-refractivity contribution < 1.29 is 0 Å². The Morgan fingerprint density at radius 2 is 2.05 bits per heavy atom. The van der Waals surface area contributed by atoms with Gasteiger partial charge in [-0.25, -0.2) is 0 Å². The highest BCUT2D eigenvalue weighted by Gasteiger charge is 2.16. The van der Waals surface area contributed by atoms with Crippen LogP contribution in [0.25, 0.3) is 5.57 Å². The summed E-state index contributed by atoms with van der Waals surface area (Å²) in [5.74, 6) is 0. The number of nitrogens with zero attached hydrogens (tertiary/aromatic N) is 2. The summed E-state index contributed by atoms with van der Waals surface area (Å²) >= 11 is 0. The molecule has 108 valence electrons. The quantitative estimate of drug-likeness (QED) is 0.761. The summed E-state index contributed by atoms with van der Waals surface area (Å²) in [6.45, 7) is 5.75. The largest absolute Gasteiger partial charge is 0.257 e. The van der Waals surface area contributed by atoms with Gasteiger partial charge in [0, 0.05) is 29.1 Å². The smallest absolute Gasteiger partial charge is 0.0712 e. The monoisotopic (exact) mass is 286 g/mol. The molecule has 22 heavy (non-hydrogen) atoms. The zero-order valence-corrected chi connectivity index (χ0v) is 12.7. The molecule has 0 saturated carbocycles. The Bertz CT molecular complexity index is 875. The van der Waals surface area contributed by atoms with Gasteiger partial charge in [-0.1, -0.05) is 49.1 Å². The summed E-state index contributed by atoms with van der Waals surface area (Å²) in [5, 5.41) is 2.11. The molecular weight excluding hydrogens is 268 g/mol. The lowest BCUT2D eigenvalue weighted by Gasteiger charge is -2.10. The first kappa shape index (κ1) is 14.2. The first-order valence-electron chi connectivity index (χ1n) is 7.40. The molecule has 0 radical (unpaired) electrons. The Morgan fingerprint density at radius 1 is 1.23 bits per heavy atom. The number of allylic oxidation sites excluding steroid dienone is 7. The lowest BCUT2D eigenvalue weighted by molar-refractivity contribution is 1.10. The maximum atomic E-state index is 4.82. The number of fused-ring (bicyclic) bond motifs is 3. The normalized spacial score (nSPS) is 17.1. The van der Waals surface area contributed by atoms with Crippen LogP contribution in [0.5, 0.6) is 0 Å². The van der Waals surface area contributed by atoms with E-state index in [1.807, 2.05) is 37.3 Å². The van der Waals surface area contributed by atoms with E-state index in [-0.39, 0.29) is 0 Å². The molecule has 0 atom stereocenters. The van der Waals surface area contributed by atoms with Crippen molar-refractivity contribution in [3.05, 3.63) is 95.3 Å². The molecule has 1 aliphatic carbocycles. The van der Waals surface area contributed by atoms with E-state index in [1.165, 1.54) is 5.57 Å². The average Bonchev–Trinajstić information content (AvgIpc) is 2.84. The highest BCUT2D eigenvalue weighted by atomic mass is 14.8. The van der Waals surface area contributed by atoms with Crippen LogP contribution in [-0.2, 0) is 0 Å². The number of para-hydroxylation sites is 1. The zero-order chi connectivity index (χ0) is 15.4. The summed E-state index contributed by atoms with van der Waals surface area (Å²) in [5.41, 5.74) is 4.35. The van der Waals surface area contributed by atoms with Crippen LogP contribution in [-0.4, -0.2) is 5.71 Å². The molecule has 0 fully saturated rings. The Kier molecular flexibility index (Phi) is 4.10. The van der Waals surface area contributed by atoms with Crippen LogP contribution in [0.4, 0.5) is 0 Å². The third kappa shape index (κ3) is 2.68. The van der Waals surface area contributed by atoms with Gasteiger partial charge in [-0.2, -0.15) is 0 Å². The fourth-order valence-corrected chi connectivity index (χ4v) is 2.76. The minimum absolute atomic E-state index is 0.810. The second-order valence-electron chi connectivity index (χ2n) is 5.11. The van der Waals surface area contributed by atoms with E-state index in [4.69, 9.17) is 4.99 Å². The van der Waals surface area contributed by atoms with E-state index in [9.17, 15) is 0 Å². The molecular formula is C20H18N2. The van der Waals surface area contributed by atoms with E-state index in [2.05, 4.69) is 41.9 Å².